The molecule has 1 aromatic carbocycles. The highest BCUT2D eigenvalue weighted by Crippen LogP contribution is 2.30. The Morgan fingerprint density at radius 2 is 2.11 bits per heavy atom. The molecule has 1 aliphatic carbocycles. The molecule has 1 aliphatic heterocycles. The van der Waals surface area contributed by atoms with Crippen LogP contribution in [-0.2, 0) is 0 Å². The third kappa shape index (κ3) is 2.89. The first-order chi connectivity index (χ1) is 9.24. The van der Waals surface area contributed by atoms with E-state index in [9.17, 15) is 4.79 Å². The average molecular weight is 260 g/mol. The van der Waals surface area contributed by atoms with Gasteiger partial charge < -0.3 is 15.4 Å². The van der Waals surface area contributed by atoms with Crippen LogP contribution in [0, 0.1) is 5.92 Å². The lowest BCUT2D eigenvalue weighted by atomic mass is 10.1. The predicted molar refractivity (Wildman–Crippen MR) is 73.2 cm³/mol. The second kappa shape index (κ2) is 5.21. The van der Waals surface area contributed by atoms with Gasteiger partial charge in [-0.1, -0.05) is 12.1 Å². The van der Waals surface area contributed by atoms with Gasteiger partial charge in [0, 0.05) is 19.1 Å². The Morgan fingerprint density at radius 3 is 2.79 bits per heavy atom. The molecule has 2 fully saturated rings. The van der Waals surface area contributed by atoms with Gasteiger partial charge in [-0.2, -0.15) is 0 Å². The van der Waals surface area contributed by atoms with Crippen molar-refractivity contribution in [1.82, 2.24) is 4.90 Å². The van der Waals surface area contributed by atoms with E-state index in [0.29, 0.717) is 23.8 Å². The highest BCUT2D eigenvalue weighted by atomic mass is 16.5. The zero-order valence-electron chi connectivity index (χ0n) is 11.0. The molecular weight excluding hydrogens is 240 g/mol. The molecule has 2 N–H and O–H groups in total. The number of rotatable bonds is 4. The lowest BCUT2D eigenvalue weighted by Gasteiger charge is -2.18. The molecule has 1 aromatic rings. The van der Waals surface area contributed by atoms with Gasteiger partial charge in [0.15, 0.2) is 0 Å². The first-order valence-electron chi connectivity index (χ1n) is 7.00. The van der Waals surface area contributed by atoms with Crippen molar-refractivity contribution in [2.45, 2.75) is 25.3 Å². The molecule has 1 saturated carbocycles. The summed E-state index contributed by atoms with van der Waals surface area (Å²) in [6.07, 6.45) is 3.38. The molecule has 2 aliphatic rings. The smallest absolute Gasteiger partial charge is 0.257 e. The lowest BCUT2D eigenvalue weighted by Crippen LogP contribution is -2.32. The summed E-state index contributed by atoms with van der Waals surface area (Å²) in [5.41, 5.74) is 6.52. The molecule has 0 radical (unpaired) electrons. The summed E-state index contributed by atoms with van der Waals surface area (Å²) in [5.74, 6) is 1.43. The largest absolute Gasteiger partial charge is 0.492 e. The molecule has 19 heavy (non-hydrogen) atoms. The quantitative estimate of drug-likeness (QED) is 0.895. The predicted octanol–water partition coefficient (Wildman–Crippen LogP) is 1.65. The number of carbonyl (C=O) groups is 1. The van der Waals surface area contributed by atoms with Crippen molar-refractivity contribution in [3.05, 3.63) is 29.8 Å². The number of likely N-dealkylation sites (tertiary alicyclic amines) is 1. The van der Waals surface area contributed by atoms with E-state index in [2.05, 4.69) is 0 Å². The number of carbonyl (C=O) groups excluding carboxylic acids is 1. The van der Waals surface area contributed by atoms with Gasteiger partial charge in [0.1, 0.15) is 5.75 Å². The van der Waals surface area contributed by atoms with Crippen molar-refractivity contribution in [3.8, 4) is 5.75 Å². The number of ether oxygens (including phenoxy) is 1. The molecule has 0 aromatic heterocycles. The van der Waals surface area contributed by atoms with Gasteiger partial charge in [-0.25, -0.2) is 0 Å². The summed E-state index contributed by atoms with van der Waals surface area (Å²) >= 11 is 0. The van der Waals surface area contributed by atoms with Crippen LogP contribution in [0.2, 0.25) is 0 Å². The topological polar surface area (TPSA) is 55.6 Å². The first kappa shape index (κ1) is 12.5. The van der Waals surface area contributed by atoms with Crippen LogP contribution in [0.4, 0.5) is 0 Å². The summed E-state index contributed by atoms with van der Waals surface area (Å²) in [4.78, 5) is 14.3. The highest BCUT2D eigenvalue weighted by molar-refractivity contribution is 5.97. The summed E-state index contributed by atoms with van der Waals surface area (Å²) in [7, 11) is 0. The third-order valence-corrected chi connectivity index (χ3v) is 3.80. The zero-order chi connectivity index (χ0) is 13.2. The van der Waals surface area contributed by atoms with E-state index in [1.54, 1.807) is 0 Å². The number of hydrogen-bond acceptors (Lipinski definition) is 3. The van der Waals surface area contributed by atoms with Crippen molar-refractivity contribution >= 4 is 5.91 Å². The molecule has 1 amide bonds. The Labute approximate surface area is 113 Å². The van der Waals surface area contributed by atoms with Crippen LogP contribution < -0.4 is 10.5 Å². The van der Waals surface area contributed by atoms with Crippen molar-refractivity contribution < 1.29 is 9.53 Å². The van der Waals surface area contributed by atoms with Crippen LogP contribution in [0.5, 0.6) is 5.75 Å². The van der Waals surface area contributed by atoms with E-state index >= 15 is 0 Å². The highest BCUT2D eigenvalue weighted by Gasteiger charge is 2.27. The van der Waals surface area contributed by atoms with E-state index < -0.39 is 0 Å². The maximum Gasteiger partial charge on any atom is 0.257 e. The molecule has 4 heteroatoms. The molecule has 1 atom stereocenters. The Balaban J connectivity index is 1.72. The third-order valence-electron chi connectivity index (χ3n) is 3.80. The van der Waals surface area contributed by atoms with E-state index in [1.165, 1.54) is 12.8 Å². The van der Waals surface area contributed by atoms with Gasteiger partial charge in [-0.05, 0) is 37.3 Å². The summed E-state index contributed by atoms with van der Waals surface area (Å²) in [5, 5.41) is 0. The van der Waals surface area contributed by atoms with Crippen LogP contribution >= 0.6 is 0 Å². The zero-order valence-corrected chi connectivity index (χ0v) is 11.0. The van der Waals surface area contributed by atoms with Crippen LogP contribution in [0.25, 0.3) is 0 Å². The van der Waals surface area contributed by atoms with Gasteiger partial charge in [0.2, 0.25) is 0 Å². The number of nitrogens with two attached hydrogens (primary N) is 1. The van der Waals surface area contributed by atoms with E-state index in [-0.39, 0.29) is 11.9 Å². The maximum atomic E-state index is 12.5. The van der Waals surface area contributed by atoms with Crippen molar-refractivity contribution in [3.63, 3.8) is 0 Å². The molecule has 1 heterocycles. The van der Waals surface area contributed by atoms with Crippen LogP contribution in [-0.4, -0.2) is 36.5 Å². The van der Waals surface area contributed by atoms with E-state index in [4.69, 9.17) is 10.5 Å². The van der Waals surface area contributed by atoms with E-state index in [1.807, 2.05) is 29.2 Å². The molecular formula is C15H20N2O2. The molecule has 1 saturated heterocycles. The van der Waals surface area contributed by atoms with Gasteiger partial charge in [-0.3, -0.25) is 4.79 Å². The molecule has 0 unspecified atom stereocenters. The molecule has 3 rings (SSSR count). The van der Waals surface area contributed by atoms with Gasteiger partial charge >= 0.3 is 0 Å². The molecule has 102 valence electrons. The van der Waals surface area contributed by atoms with Crippen LogP contribution in [0.3, 0.4) is 0 Å². The normalized spacial score (nSPS) is 22.6. The molecule has 0 spiro atoms. The fourth-order valence-corrected chi connectivity index (χ4v) is 2.40. The van der Waals surface area contributed by atoms with Crippen molar-refractivity contribution in [1.29, 1.82) is 0 Å². The second-order valence-corrected chi connectivity index (χ2v) is 5.55. The Morgan fingerprint density at radius 1 is 1.32 bits per heavy atom. The average Bonchev–Trinajstić information content (AvgIpc) is 3.16. The lowest BCUT2D eigenvalue weighted by molar-refractivity contribution is 0.0786. The minimum atomic E-state index is 0.0411. The fraction of sp³-hybridized carbons (Fsp3) is 0.533. The Bertz CT molecular complexity index is 471. The van der Waals surface area contributed by atoms with Crippen molar-refractivity contribution in [2.75, 3.05) is 19.7 Å². The minimum absolute atomic E-state index is 0.0411. The Hall–Kier alpha value is -1.55. The fourth-order valence-electron chi connectivity index (χ4n) is 2.40. The van der Waals surface area contributed by atoms with Crippen molar-refractivity contribution in [2.24, 2.45) is 11.7 Å². The number of benzene rings is 1. The van der Waals surface area contributed by atoms with Crippen LogP contribution in [0.15, 0.2) is 24.3 Å². The van der Waals surface area contributed by atoms with Gasteiger partial charge in [0.25, 0.3) is 5.91 Å². The van der Waals surface area contributed by atoms with Crippen LogP contribution in [0.1, 0.15) is 29.6 Å². The summed E-state index contributed by atoms with van der Waals surface area (Å²) < 4.78 is 5.79. The number of amides is 1. The summed E-state index contributed by atoms with van der Waals surface area (Å²) in [6.45, 7) is 2.12. The van der Waals surface area contributed by atoms with Gasteiger partial charge in [0.05, 0.1) is 12.2 Å². The van der Waals surface area contributed by atoms with E-state index in [0.717, 1.165) is 19.6 Å². The molecule has 4 nitrogen and oxygen atoms in total. The van der Waals surface area contributed by atoms with Gasteiger partial charge in [-0.15, -0.1) is 0 Å². The SMILES string of the molecule is N[C@@H]1CCN(C(=O)c2ccccc2OCC2CC2)C1. The minimum Gasteiger partial charge on any atom is -0.492 e. The number of para-hydroxylation sites is 1. The first-order valence-corrected chi connectivity index (χ1v) is 7.00. The molecule has 0 bridgehead atoms. The maximum absolute atomic E-state index is 12.5. The monoisotopic (exact) mass is 260 g/mol. The number of nitrogens with zero attached hydrogens (tertiary/aromatic N) is 1. The number of hydrogen-bond donors (Lipinski definition) is 1. The Kier molecular flexibility index (Phi) is 3.42. The second-order valence-electron chi connectivity index (χ2n) is 5.55. The standard InChI is InChI=1S/C15H20N2O2/c16-12-7-8-17(9-12)15(18)13-3-1-2-4-14(13)19-10-11-5-6-11/h1-4,11-12H,5-10,16H2/t12-/m1/s1. The summed E-state index contributed by atoms with van der Waals surface area (Å²) in [6, 6.07) is 7.63.